The van der Waals surface area contributed by atoms with Crippen LogP contribution in [0.4, 0.5) is 10.6 Å². The minimum absolute atomic E-state index is 0.159. The van der Waals surface area contributed by atoms with E-state index in [-0.39, 0.29) is 11.0 Å². The zero-order chi connectivity index (χ0) is 19.2. The number of carbonyl (C=O) groups excluding carboxylic acids is 2. The second kappa shape index (κ2) is 8.42. The zero-order valence-corrected chi connectivity index (χ0v) is 15.3. The zero-order valence-electron chi connectivity index (χ0n) is 14.6. The lowest BCUT2D eigenvalue weighted by molar-refractivity contribution is 0.0966. The van der Waals surface area contributed by atoms with Gasteiger partial charge < -0.3 is 0 Å². The number of urea groups is 1. The maximum Gasteiger partial charge on any atom is 0.327 e. The highest BCUT2D eigenvalue weighted by atomic mass is 35.5. The molecule has 7 heteroatoms. The summed E-state index contributed by atoms with van der Waals surface area (Å²) in [5.74, 6) is -0.336. The molecule has 2 N–H and O–H groups in total. The van der Waals surface area contributed by atoms with Crippen LogP contribution < -0.4 is 10.6 Å². The van der Waals surface area contributed by atoms with Gasteiger partial charge in [0.15, 0.2) is 11.0 Å². The van der Waals surface area contributed by atoms with Crippen molar-refractivity contribution in [3.63, 3.8) is 0 Å². The fourth-order valence-electron chi connectivity index (χ4n) is 2.51. The van der Waals surface area contributed by atoms with Gasteiger partial charge in [-0.1, -0.05) is 60.1 Å². The Bertz CT molecular complexity index is 977. The molecule has 3 amide bonds. The van der Waals surface area contributed by atoms with Crippen LogP contribution in [-0.2, 0) is 6.42 Å². The molecule has 1 heterocycles. The molecule has 3 rings (SSSR count). The summed E-state index contributed by atoms with van der Waals surface area (Å²) in [4.78, 5) is 32.6. The molecule has 3 aromatic rings. The second-order valence-electron chi connectivity index (χ2n) is 5.88. The Morgan fingerprint density at radius 1 is 1.04 bits per heavy atom. The molecule has 0 aliphatic rings. The maximum atomic E-state index is 12.2. The van der Waals surface area contributed by atoms with Gasteiger partial charge in [0, 0.05) is 12.0 Å². The number of imide groups is 1. The van der Waals surface area contributed by atoms with Crippen molar-refractivity contribution in [1.29, 1.82) is 0 Å². The molecule has 0 aliphatic carbocycles. The highest BCUT2D eigenvalue weighted by Crippen LogP contribution is 2.17. The number of halogens is 1. The van der Waals surface area contributed by atoms with E-state index in [0.29, 0.717) is 17.7 Å². The number of hydrogen-bond acceptors (Lipinski definition) is 4. The second-order valence-corrected chi connectivity index (χ2v) is 6.24. The Kier molecular flexibility index (Phi) is 5.78. The number of rotatable bonds is 4. The molecule has 0 spiro atoms. The van der Waals surface area contributed by atoms with E-state index in [4.69, 9.17) is 11.6 Å². The minimum Gasteiger partial charge on any atom is -0.291 e. The number of aryl methyl sites for hydroxylation is 1. The highest BCUT2D eigenvalue weighted by molar-refractivity contribution is 6.30. The first kappa shape index (κ1) is 18.5. The van der Waals surface area contributed by atoms with Crippen molar-refractivity contribution in [2.45, 2.75) is 13.3 Å². The van der Waals surface area contributed by atoms with Gasteiger partial charge in [-0.2, -0.15) is 0 Å². The van der Waals surface area contributed by atoms with E-state index in [9.17, 15) is 9.59 Å². The summed E-state index contributed by atoms with van der Waals surface area (Å²) in [5.41, 5.74) is 2.85. The molecule has 0 radical (unpaired) electrons. The topological polar surface area (TPSA) is 84.0 Å². The van der Waals surface area contributed by atoms with E-state index in [1.165, 1.54) is 6.20 Å². The van der Waals surface area contributed by atoms with Crippen molar-refractivity contribution < 1.29 is 9.59 Å². The Morgan fingerprint density at radius 3 is 2.44 bits per heavy atom. The fourth-order valence-corrected chi connectivity index (χ4v) is 2.71. The van der Waals surface area contributed by atoms with Gasteiger partial charge in [-0.05, 0) is 24.1 Å². The third-order valence-corrected chi connectivity index (χ3v) is 4.17. The van der Waals surface area contributed by atoms with Gasteiger partial charge in [-0.25, -0.2) is 9.78 Å². The monoisotopic (exact) mass is 380 g/mol. The van der Waals surface area contributed by atoms with Gasteiger partial charge in [0.1, 0.15) is 0 Å². The van der Waals surface area contributed by atoms with E-state index in [2.05, 4.69) is 20.6 Å². The molecule has 0 fully saturated rings. The summed E-state index contributed by atoms with van der Waals surface area (Å²) in [7, 11) is 0. The van der Waals surface area contributed by atoms with Crippen LogP contribution in [0.25, 0.3) is 0 Å². The molecule has 136 valence electrons. The molecular weight excluding hydrogens is 364 g/mol. The summed E-state index contributed by atoms with van der Waals surface area (Å²) >= 11 is 6.17. The lowest BCUT2D eigenvalue weighted by Gasteiger charge is -2.09. The van der Waals surface area contributed by atoms with Crippen LogP contribution in [-0.4, -0.2) is 21.9 Å². The quantitative estimate of drug-likeness (QED) is 0.716. The van der Waals surface area contributed by atoms with Crippen LogP contribution in [0.2, 0.25) is 5.15 Å². The summed E-state index contributed by atoms with van der Waals surface area (Å²) in [6, 6.07) is 16.0. The number of aromatic nitrogens is 2. The molecule has 0 saturated heterocycles. The number of hydrogen-bond donors (Lipinski definition) is 2. The molecule has 1 aromatic heterocycles. The molecule has 0 bridgehead atoms. The Hall–Kier alpha value is -3.25. The number of nitrogens with zero attached hydrogens (tertiary/aromatic N) is 2. The van der Waals surface area contributed by atoms with Crippen LogP contribution in [0.15, 0.2) is 60.8 Å². The van der Waals surface area contributed by atoms with E-state index < -0.39 is 11.9 Å². The van der Waals surface area contributed by atoms with Crippen molar-refractivity contribution in [2.24, 2.45) is 0 Å². The van der Waals surface area contributed by atoms with Crippen LogP contribution in [0, 0.1) is 6.92 Å². The van der Waals surface area contributed by atoms with E-state index in [1.54, 1.807) is 25.1 Å². The number of carbonyl (C=O) groups is 2. The van der Waals surface area contributed by atoms with Gasteiger partial charge in [0.2, 0.25) is 0 Å². The van der Waals surface area contributed by atoms with Crippen LogP contribution >= 0.6 is 11.6 Å². The minimum atomic E-state index is -0.704. The van der Waals surface area contributed by atoms with Crippen molar-refractivity contribution >= 4 is 29.4 Å². The Balaban J connectivity index is 1.64. The molecule has 0 atom stereocenters. The first-order valence-electron chi connectivity index (χ1n) is 8.26. The van der Waals surface area contributed by atoms with Gasteiger partial charge in [0.05, 0.1) is 11.9 Å². The highest BCUT2D eigenvalue weighted by Gasteiger charge is 2.14. The average Bonchev–Trinajstić information content (AvgIpc) is 2.65. The van der Waals surface area contributed by atoms with E-state index >= 15 is 0 Å². The molecule has 2 aromatic carbocycles. The van der Waals surface area contributed by atoms with E-state index in [1.807, 2.05) is 36.4 Å². The molecule has 0 saturated carbocycles. The molecule has 27 heavy (non-hydrogen) atoms. The van der Waals surface area contributed by atoms with Crippen LogP contribution in [0.3, 0.4) is 0 Å². The Morgan fingerprint density at radius 2 is 1.74 bits per heavy atom. The number of benzene rings is 2. The van der Waals surface area contributed by atoms with Gasteiger partial charge in [-0.15, -0.1) is 0 Å². The smallest absolute Gasteiger partial charge is 0.291 e. The number of anilines is 1. The van der Waals surface area contributed by atoms with Crippen molar-refractivity contribution in [3.8, 4) is 0 Å². The predicted molar refractivity (Wildman–Crippen MR) is 104 cm³/mol. The lowest BCUT2D eigenvalue weighted by atomic mass is 10.1. The average molecular weight is 381 g/mol. The number of nitrogens with one attached hydrogen (secondary N) is 2. The summed E-state index contributed by atoms with van der Waals surface area (Å²) in [5, 5.41) is 4.92. The summed E-state index contributed by atoms with van der Waals surface area (Å²) < 4.78 is 0. The van der Waals surface area contributed by atoms with Crippen LogP contribution in [0.5, 0.6) is 0 Å². The van der Waals surface area contributed by atoms with Gasteiger partial charge in [-0.3, -0.25) is 20.4 Å². The SMILES string of the molecule is Cc1ccccc1C(=O)NC(=O)Nc1cnc(Cc2ccccc2)c(Cl)n1. The van der Waals surface area contributed by atoms with Crippen molar-refractivity contribution in [1.82, 2.24) is 15.3 Å². The first-order chi connectivity index (χ1) is 13.0. The largest absolute Gasteiger partial charge is 0.327 e. The standard InChI is InChI=1S/C20H17ClN4O2/c1-13-7-5-6-10-15(13)19(26)25-20(27)24-17-12-22-16(18(21)23-17)11-14-8-3-2-4-9-14/h2-10,12H,11H2,1H3,(H2,23,24,25,26,27). The lowest BCUT2D eigenvalue weighted by Crippen LogP contribution is -2.35. The molecule has 0 aliphatic heterocycles. The fraction of sp³-hybridized carbons (Fsp3) is 0.100. The molecular formula is C20H17ClN4O2. The molecule has 0 unspecified atom stereocenters. The van der Waals surface area contributed by atoms with E-state index in [0.717, 1.165) is 11.1 Å². The maximum absolute atomic E-state index is 12.2. The van der Waals surface area contributed by atoms with Gasteiger partial charge in [0.25, 0.3) is 5.91 Å². The summed E-state index contributed by atoms with van der Waals surface area (Å²) in [6.07, 6.45) is 1.94. The normalized spacial score (nSPS) is 10.3. The van der Waals surface area contributed by atoms with Crippen LogP contribution in [0.1, 0.15) is 27.2 Å². The third-order valence-electron chi connectivity index (χ3n) is 3.87. The van der Waals surface area contributed by atoms with Crippen molar-refractivity contribution in [3.05, 3.63) is 88.3 Å². The predicted octanol–water partition coefficient (Wildman–Crippen LogP) is 3.99. The third kappa shape index (κ3) is 4.89. The Labute approximate surface area is 161 Å². The summed E-state index contributed by atoms with van der Waals surface area (Å²) in [6.45, 7) is 1.80. The first-order valence-corrected chi connectivity index (χ1v) is 8.64. The van der Waals surface area contributed by atoms with Crippen molar-refractivity contribution in [2.75, 3.05) is 5.32 Å². The molecule has 6 nitrogen and oxygen atoms in total. The van der Waals surface area contributed by atoms with Gasteiger partial charge >= 0.3 is 6.03 Å². The number of amides is 3.